The molecule has 0 aliphatic rings. The normalized spacial score (nSPS) is 15.0. The summed E-state index contributed by atoms with van der Waals surface area (Å²) in [5, 5.41) is 2.30. The van der Waals surface area contributed by atoms with E-state index in [1.165, 1.54) is 7.11 Å². The van der Waals surface area contributed by atoms with Crippen LogP contribution in [0, 0.1) is 16.7 Å². The van der Waals surface area contributed by atoms with Crippen molar-refractivity contribution in [3.05, 3.63) is 35.4 Å². The molecule has 222 valence electrons. The van der Waals surface area contributed by atoms with E-state index in [2.05, 4.69) is 30.8 Å². The maximum absolute atomic E-state index is 12.9. The summed E-state index contributed by atoms with van der Waals surface area (Å²) in [6.45, 7) is 10.5. The lowest BCUT2D eigenvalue weighted by molar-refractivity contribution is -0.160. The molecular weight excluding hydrogens is 515 g/mol. The molecule has 0 saturated heterocycles. The molecule has 7 nitrogen and oxygen atoms in total. The number of halogens is 3. The SMILES string of the molecule is CCOC(=O)C(CCC(C)(C)C)CC(CC(C)(CC)C(=O)OC)c1ccc(CNC(=O)OCC(F)(F)F)cc1. The topological polar surface area (TPSA) is 90.9 Å². The summed E-state index contributed by atoms with van der Waals surface area (Å²) in [5.74, 6) is -1.13. The summed E-state index contributed by atoms with van der Waals surface area (Å²) in [6, 6.07) is 7.20. The average Bonchev–Trinajstić information content (AvgIpc) is 2.86. The number of benzene rings is 1. The number of carbonyl (C=O) groups excluding carboxylic acids is 3. The first-order valence-electron chi connectivity index (χ1n) is 13.3. The van der Waals surface area contributed by atoms with Gasteiger partial charge in [0.05, 0.1) is 25.0 Å². The van der Waals surface area contributed by atoms with Gasteiger partial charge in [-0.15, -0.1) is 0 Å². The van der Waals surface area contributed by atoms with Crippen LogP contribution in [0.15, 0.2) is 24.3 Å². The van der Waals surface area contributed by atoms with Crippen molar-refractivity contribution in [2.24, 2.45) is 16.7 Å². The van der Waals surface area contributed by atoms with E-state index in [9.17, 15) is 27.6 Å². The summed E-state index contributed by atoms with van der Waals surface area (Å²) < 4.78 is 51.4. The van der Waals surface area contributed by atoms with E-state index >= 15 is 0 Å². The number of rotatable bonds is 14. The van der Waals surface area contributed by atoms with Crippen LogP contribution >= 0.6 is 0 Å². The molecule has 0 aromatic heterocycles. The van der Waals surface area contributed by atoms with E-state index in [1.54, 1.807) is 19.1 Å². The van der Waals surface area contributed by atoms with Gasteiger partial charge in [0, 0.05) is 6.54 Å². The molecule has 1 aromatic rings. The van der Waals surface area contributed by atoms with Gasteiger partial charge in [0.2, 0.25) is 0 Å². The molecule has 0 heterocycles. The molecule has 10 heteroatoms. The van der Waals surface area contributed by atoms with E-state index in [1.807, 2.05) is 26.0 Å². The van der Waals surface area contributed by atoms with Crippen LogP contribution in [-0.4, -0.2) is 44.5 Å². The van der Waals surface area contributed by atoms with Crippen molar-refractivity contribution in [1.29, 1.82) is 0 Å². The molecule has 0 spiro atoms. The van der Waals surface area contributed by atoms with Crippen molar-refractivity contribution < 1.29 is 41.8 Å². The average molecular weight is 560 g/mol. The zero-order valence-corrected chi connectivity index (χ0v) is 24.2. The van der Waals surface area contributed by atoms with Gasteiger partial charge >= 0.3 is 24.2 Å². The van der Waals surface area contributed by atoms with Gasteiger partial charge in [-0.25, -0.2) is 4.79 Å². The minimum Gasteiger partial charge on any atom is -0.469 e. The molecule has 1 N–H and O–H groups in total. The molecule has 39 heavy (non-hydrogen) atoms. The number of hydrogen-bond acceptors (Lipinski definition) is 6. The number of esters is 2. The number of ether oxygens (including phenoxy) is 3. The van der Waals surface area contributed by atoms with E-state index in [0.717, 1.165) is 12.0 Å². The third-order valence-electron chi connectivity index (χ3n) is 6.84. The predicted molar refractivity (Wildman–Crippen MR) is 142 cm³/mol. The van der Waals surface area contributed by atoms with Crippen molar-refractivity contribution in [3.8, 4) is 0 Å². The summed E-state index contributed by atoms with van der Waals surface area (Å²) in [7, 11) is 1.36. The van der Waals surface area contributed by atoms with Crippen LogP contribution in [-0.2, 0) is 30.3 Å². The molecule has 1 amide bonds. The Balaban J connectivity index is 3.18. The zero-order valence-electron chi connectivity index (χ0n) is 24.2. The maximum Gasteiger partial charge on any atom is 0.422 e. The molecule has 0 bridgehead atoms. The first-order chi connectivity index (χ1) is 18.0. The second-order valence-corrected chi connectivity index (χ2v) is 11.4. The highest BCUT2D eigenvalue weighted by Gasteiger charge is 2.37. The number of methoxy groups -OCH3 is 1. The first kappa shape index (κ1) is 34.2. The van der Waals surface area contributed by atoms with Crippen molar-refractivity contribution in [1.82, 2.24) is 5.32 Å². The van der Waals surface area contributed by atoms with Gasteiger partial charge in [0.25, 0.3) is 0 Å². The second-order valence-electron chi connectivity index (χ2n) is 11.4. The van der Waals surface area contributed by atoms with Gasteiger partial charge < -0.3 is 19.5 Å². The maximum atomic E-state index is 12.9. The molecule has 0 aliphatic carbocycles. The number of hydrogen-bond donors (Lipinski definition) is 1. The Labute approximate surface area is 230 Å². The fraction of sp³-hybridized carbons (Fsp3) is 0.690. The highest BCUT2D eigenvalue weighted by Crippen LogP contribution is 2.41. The van der Waals surface area contributed by atoms with Gasteiger partial charge in [-0.2, -0.15) is 13.2 Å². The quantitative estimate of drug-likeness (QED) is 0.196. The Hall–Kier alpha value is -2.78. The molecule has 1 aromatic carbocycles. The summed E-state index contributed by atoms with van der Waals surface area (Å²) in [6.07, 6.45) is -2.83. The monoisotopic (exact) mass is 559 g/mol. The third kappa shape index (κ3) is 12.7. The smallest absolute Gasteiger partial charge is 0.422 e. The first-order valence-corrected chi connectivity index (χ1v) is 13.3. The minimum atomic E-state index is -4.60. The minimum absolute atomic E-state index is 0.0203. The van der Waals surface area contributed by atoms with E-state index in [4.69, 9.17) is 9.47 Å². The Morgan fingerprint density at radius 3 is 2.08 bits per heavy atom. The fourth-order valence-electron chi connectivity index (χ4n) is 4.32. The molecule has 3 unspecified atom stereocenters. The highest BCUT2D eigenvalue weighted by atomic mass is 19.4. The van der Waals surface area contributed by atoms with Crippen molar-refractivity contribution in [3.63, 3.8) is 0 Å². The number of alkyl halides is 3. The van der Waals surface area contributed by atoms with Gasteiger partial charge in [0.1, 0.15) is 0 Å². The van der Waals surface area contributed by atoms with Crippen LogP contribution in [0.5, 0.6) is 0 Å². The second kappa shape index (κ2) is 15.1. The molecular formula is C29H44F3NO6. The lowest BCUT2D eigenvalue weighted by atomic mass is 9.72. The van der Waals surface area contributed by atoms with Gasteiger partial charge in [0.15, 0.2) is 6.61 Å². The summed E-state index contributed by atoms with van der Waals surface area (Å²) in [4.78, 5) is 37.2. The van der Waals surface area contributed by atoms with Crippen molar-refractivity contribution in [2.75, 3.05) is 20.3 Å². The standard InChI is InChI=1S/C29H44F3NO6/c1-8-28(6,25(35)37-7)17-23(16-22(24(34)38-9-2)14-15-27(3,4)5)21-12-10-20(11-13-21)18-33-26(36)39-19-29(30,31)32/h10-13,22-23H,8-9,14-19H2,1-7H3,(H,33,36). The molecule has 0 saturated carbocycles. The number of amides is 1. The Morgan fingerprint density at radius 2 is 1.59 bits per heavy atom. The van der Waals surface area contributed by atoms with E-state index < -0.39 is 24.3 Å². The Kier molecular flexibility index (Phi) is 13.3. The predicted octanol–water partition coefficient (Wildman–Crippen LogP) is 6.93. The zero-order chi connectivity index (χ0) is 29.9. The summed E-state index contributed by atoms with van der Waals surface area (Å²) in [5.41, 5.74) is 0.806. The van der Waals surface area contributed by atoms with Crippen LogP contribution in [0.3, 0.4) is 0 Å². The molecule has 0 fully saturated rings. The lowest BCUT2D eigenvalue weighted by Crippen LogP contribution is -2.32. The van der Waals surface area contributed by atoms with Crippen LogP contribution in [0.2, 0.25) is 0 Å². The van der Waals surface area contributed by atoms with Crippen molar-refractivity contribution >= 4 is 18.0 Å². The molecule has 1 rings (SSSR count). The van der Waals surface area contributed by atoms with E-state index in [0.29, 0.717) is 31.2 Å². The van der Waals surface area contributed by atoms with Gasteiger partial charge in [-0.05, 0) is 68.4 Å². The molecule has 0 radical (unpaired) electrons. The van der Waals surface area contributed by atoms with Gasteiger partial charge in [-0.1, -0.05) is 52.0 Å². The highest BCUT2D eigenvalue weighted by molar-refractivity contribution is 5.76. The van der Waals surface area contributed by atoms with Gasteiger partial charge in [-0.3, -0.25) is 9.59 Å². The number of nitrogens with one attached hydrogen (secondary N) is 1. The summed E-state index contributed by atoms with van der Waals surface area (Å²) >= 11 is 0. The van der Waals surface area contributed by atoms with E-state index in [-0.39, 0.29) is 42.3 Å². The fourth-order valence-corrected chi connectivity index (χ4v) is 4.32. The third-order valence-corrected chi connectivity index (χ3v) is 6.84. The number of alkyl carbamates (subject to hydrolysis) is 1. The number of carbonyl (C=O) groups is 3. The van der Waals surface area contributed by atoms with Crippen LogP contribution in [0.25, 0.3) is 0 Å². The Bertz CT molecular complexity index is 926. The molecule has 0 aliphatic heterocycles. The molecule has 3 atom stereocenters. The van der Waals surface area contributed by atoms with Crippen molar-refractivity contribution in [2.45, 2.75) is 92.3 Å². The van der Waals surface area contributed by atoms with Crippen LogP contribution in [0.1, 0.15) is 90.7 Å². The lowest BCUT2D eigenvalue weighted by Gasteiger charge is -2.32. The van der Waals surface area contributed by atoms with Crippen LogP contribution < -0.4 is 5.32 Å². The van der Waals surface area contributed by atoms with Crippen LogP contribution in [0.4, 0.5) is 18.0 Å². The Morgan fingerprint density at radius 1 is 0.974 bits per heavy atom. The largest absolute Gasteiger partial charge is 0.469 e.